The number of aromatic nitrogens is 1. The molecule has 0 saturated carbocycles. The number of carbonyl (C=O) groups is 2. The van der Waals surface area contributed by atoms with Crippen molar-refractivity contribution >= 4 is 23.4 Å². The molecule has 8 heteroatoms. The summed E-state index contributed by atoms with van der Waals surface area (Å²) < 4.78 is 5.32. The first kappa shape index (κ1) is 18.7. The smallest absolute Gasteiger partial charge is 0.315 e. The van der Waals surface area contributed by atoms with Crippen LogP contribution >= 0.6 is 0 Å². The lowest BCUT2D eigenvalue weighted by molar-refractivity contribution is -0.115. The van der Waals surface area contributed by atoms with Gasteiger partial charge in [0.1, 0.15) is 5.82 Å². The molecule has 2 aromatic rings. The molecule has 3 amide bonds. The summed E-state index contributed by atoms with van der Waals surface area (Å²) in [6.45, 7) is 3.28. The third-order valence-corrected chi connectivity index (χ3v) is 4.07. The molecule has 142 valence electrons. The summed E-state index contributed by atoms with van der Waals surface area (Å²) >= 11 is 0. The molecule has 1 aromatic carbocycles. The van der Waals surface area contributed by atoms with Crippen LogP contribution in [-0.2, 0) is 16.1 Å². The Labute approximate surface area is 157 Å². The van der Waals surface area contributed by atoms with E-state index in [0.29, 0.717) is 25.4 Å². The van der Waals surface area contributed by atoms with Crippen molar-refractivity contribution in [2.45, 2.75) is 6.54 Å². The maximum Gasteiger partial charge on any atom is 0.315 e. The number of ether oxygens (including phenoxy) is 1. The summed E-state index contributed by atoms with van der Waals surface area (Å²) in [7, 11) is 0. The first-order valence-electron chi connectivity index (χ1n) is 8.85. The van der Waals surface area contributed by atoms with Crippen molar-refractivity contribution in [3.05, 3.63) is 54.2 Å². The number of anilines is 2. The lowest BCUT2D eigenvalue weighted by Crippen LogP contribution is -2.39. The zero-order chi connectivity index (χ0) is 18.9. The molecular formula is C19H23N5O3. The molecule has 1 fully saturated rings. The van der Waals surface area contributed by atoms with Crippen molar-refractivity contribution in [1.82, 2.24) is 15.6 Å². The molecule has 0 bridgehead atoms. The van der Waals surface area contributed by atoms with Crippen molar-refractivity contribution in [3.63, 3.8) is 0 Å². The Hall–Kier alpha value is -3.13. The summed E-state index contributed by atoms with van der Waals surface area (Å²) in [5.41, 5.74) is 1.58. The number of urea groups is 1. The fourth-order valence-corrected chi connectivity index (χ4v) is 2.65. The molecule has 1 aromatic heterocycles. The fraction of sp³-hybridized carbons (Fsp3) is 0.316. The van der Waals surface area contributed by atoms with E-state index in [1.54, 1.807) is 12.3 Å². The van der Waals surface area contributed by atoms with Crippen LogP contribution in [0.25, 0.3) is 0 Å². The van der Waals surface area contributed by atoms with Gasteiger partial charge in [0.25, 0.3) is 0 Å². The van der Waals surface area contributed by atoms with Crippen LogP contribution in [0.1, 0.15) is 5.56 Å². The van der Waals surface area contributed by atoms with Crippen LogP contribution in [0, 0.1) is 0 Å². The number of hydrogen-bond acceptors (Lipinski definition) is 5. The minimum atomic E-state index is -0.394. The van der Waals surface area contributed by atoms with Gasteiger partial charge >= 0.3 is 6.03 Å². The third-order valence-electron chi connectivity index (χ3n) is 4.07. The molecule has 3 N–H and O–H groups in total. The van der Waals surface area contributed by atoms with Gasteiger partial charge in [0.2, 0.25) is 5.91 Å². The van der Waals surface area contributed by atoms with Crippen LogP contribution in [0.5, 0.6) is 0 Å². The minimum Gasteiger partial charge on any atom is -0.378 e. The van der Waals surface area contributed by atoms with E-state index in [9.17, 15) is 9.59 Å². The number of morpholine rings is 1. The third kappa shape index (κ3) is 5.96. The van der Waals surface area contributed by atoms with E-state index in [-0.39, 0.29) is 12.5 Å². The Morgan fingerprint density at radius 1 is 1.04 bits per heavy atom. The summed E-state index contributed by atoms with van der Waals surface area (Å²) in [4.78, 5) is 30.2. The van der Waals surface area contributed by atoms with Crippen molar-refractivity contribution in [2.24, 2.45) is 0 Å². The highest BCUT2D eigenvalue weighted by atomic mass is 16.5. The van der Waals surface area contributed by atoms with Gasteiger partial charge in [-0.15, -0.1) is 0 Å². The van der Waals surface area contributed by atoms with Gasteiger partial charge in [-0.1, -0.05) is 30.3 Å². The first-order chi connectivity index (χ1) is 13.2. The highest BCUT2D eigenvalue weighted by Crippen LogP contribution is 2.15. The van der Waals surface area contributed by atoms with E-state index >= 15 is 0 Å². The van der Waals surface area contributed by atoms with Gasteiger partial charge in [0.15, 0.2) is 0 Å². The van der Waals surface area contributed by atoms with Gasteiger partial charge in [-0.2, -0.15) is 0 Å². The summed E-state index contributed by atoms with van der Waals surface area (Å²) in [5, 5.41) is 7.95. The monoisotopic (exact) mass is 369 g/mol. The van der Waals surface area contributed by atoms with E-state index < -0.39 is 6.03 Å². The summed E-state index contributed by atoms with van der Waals surface area (Å²) in [6, 6.07) is 12.8. The second-order valence-corrected chi connectivity index (χ2v) is 6.07. The molecule has 0 spiro atoms. The molecule has 1 aliphatic heterocycles. The maximum absolute atomic E-state index is 12.0. The zero-order valence-corrected chi connectivity index (χ0v) is 15.0. The van der Waals surface area contributed by atoms with Crippen molar-refractivity contribution in [2.75, 3.05) is 43.1 Å². The van der Waals surface area contributed by atoms with E-state index in [2.05, 4.69) is 25.8 Å². The predicted molar refractivity (Wildman–Crippen MR) is 103 cm³/mol. The molecule has 2 heterocycles. The van der Waals surface area contributed by atoms with Crippen molar-refractivity contribution in [3.8, 4) is 0 Å². The number of hydrogen-bond donors (Lipinski definition) is 3. The van der Waals surface area contributed by atoms with E-state index in [4.69, 9.17) is 4.74 Å². The van der Waals surface area contributed by atoms with E-state index in [0.717, 1.165) is 24.5 Å². The quantitative estimate of drug-likeness (QED) is 0.715. The average Bonchev–Trinajstić information content (AvgIpc) is 2.73. The van der Waals surface area contributed by atoms with E-state index in [1.165, 1.54) is 0 Å². The zero-order valence-electron chi connectivity index (χ0n) is 15.0. The molecule has 27 heavy (non-hydrogen) atoms. The molecular weight excluding hydrogens is 346 g/mol. The van der Waals surface area contributed by atoms with Gasteiger partial charge in [0, 0.05) is 19.6 Å². The highest BCUT2D eigenvalue weighted by molar-refractivity contribution is 5.94. The molecule has 0 atom stereocenters. The largest absolute Gasteiger partial charge is 0.378 e. The molecule has 3 rings (SSSR count). The molecule has 0 unspecified atom stereocenters. The Morgan fingerprint density at radius 2 is 1.81 bits per heavy atom. The Balaban J connectivity index is 1.39. The lowest BCUT2D eigenvalue weighted by atomic mass is 10.2. The van der Waals surface area contributed by atoms with Crippen LogP contribution in [-0.4, -0.2) is 49.8 Å². The average molecular weight is 369 g/mol. The molecule has 1 aliphatic rings. The van der Waals surface area contributed by atoms with Crippen LogP contribution < -0.4 is 20.9 Å². The Kier molecular flexibility index (Phi) is 6.59. The second-order valence-electron chi connectivity index (χ2n) is 6.07. The van der Waals surface area contributed by atoms with Gasteiger partial charge < -0.3 is 25.6 Å². The van der Waals surface area contributed by atoms with E-state index in [1.807, 2.05) is 36.4 Å². The Morgan fingerprint density at radius 3 is 2.52 bits per heavy atom. The predicted octanol–water partition coefficient (Wildman–Crippen LogP) is 1.36. The number of amides is 3. The number of pyridine rings is 1. The molecule has 0 aliphatic carbocycles. The highest BCUT2D eigenvalue weighted by Gasteiger charge is 2.12. The van der Waals surface area contributed by atoms with Gasteiger partial charge in [-0.05, 0) is 17.7 Å². The SMILES string of the molecule is O=C(CNC(=O)NCc1ccccc1)Nc1ccc(N2CCOCC2)nc1. The molecule has 1 saturated heterocycles. The first-order valence-corrected chi connectivity index (χ1v) is 8.85. The topological polar surface area (TPSA) is 95.6 Å². The summed E-state index contributed by atoms with van der Waals surface area (Å²) in [6.07, 6.45) is 1.61. The minimum absolute atomic E-state index is 0.119. The molecule has 0 radical (unpaired) electrons. The number of rotatable bonds is 6. The molecule has 8 nitrogen and oxygen atoms in total. The Bertz CT molecular complexity index is 746. The van der Waals surface area contributed by atoms with Crippen molar-refractivity contribution < 1.29 is 14.3 Å². The lowest BCUT2D eigenvalue weighted by Gasteiger charge is -2.27. The van der Waals surface area contributed by atoms with Crippen molar-refractivity contribution in [1.29, 1.82) is 0 Å². The maximum atomic E-state index is 12.0. The van der Waals surface area contributed by atoms with Crippen LogP contribution in [0.15, 0.2) is 48.7 Å². The van der Waals surface area contributed by atoms with Gasteiger partial charge in [-0.25, -0.2) is 9.78 Å². The number of nitrogens with zero attached hydrogens (tertiary/aromatic N) is 2. The number of benzene rings is 1. The van der Waals surface area contributed by atoms with Gasteiger partial charge in [-0.3, -0.25) is 4.79 Å². The standard InChI is InChI=1S/C19H23N5O3/c25-18(14-22-19(26)21-12-15-4-2-1-3-5-15)23-16-6-7-17(20-13-16)24-8-10-27-11-9-24/h1-7,13H,8-12,14H2,(H,23,25)(H2,21,22,26). The normalized spacial score (nSPS) is 13.7. The second kappa shape index (κ2) is 9.54. The van der Waals surface area contributed by atoms with Crippen LogP contribution in [0.3, 0.4) is 0 Å². The van der Waals surface area contributed by atoms with Gasteiger partial charge in [0.05, 0.1) is 31.6 Å². The van der Waals surface area contributed by atoms with Crippen LogP contribution in [0.2, 0.25) is 0 Å². The number of nitrogens with one attached hydrogen (secondary N) is 3. The number of carbonyl (C=O) groups excluding carboxylic acids is 2. The summed E-state index contributed by atoms with van der Waals surface area (Å²) in [5.74, 6) is 0.542. The fourth-order valence-electron chi connectivity index (χ4n) is 2.65. The van der Waals surface area contributed by atoms with Crippen LogP contribution in [0.4, 0.5) is 16.3 Å².